The van der Waals surface area contributed by atoms with Crippen molar-refractivity contribution >= 4 is 44.6 Å². The molecule has 0 unspecified atom stereocenters. The molecule has 3 aromatic carbocycles. The zero-order chi connectivity index (χ0) is 18.6. The lowest BCUT2D eigenvalue weighted by Crippen LogP contribution is -2.10. The molecule has 0 radical (unpaired) electrons. The van der Waals surface area contributed by atoms with E-state index in [-0.39, 0.29) is 10.6 Å². The van der Waals surface area contributed by atoms with E-state index < -0.39 is 10.1 Å². The zero-order valence-electron chi connectivity index (χ0n) is 14.0. The Morgan fingerprint density at radius 1 is 0.923 bits per heavy atom. The molecule has 0 aliphatic heterocycles. The minimum atomic E-state index is -3.90. The molecular formula is C20H16INO3S. The van der Waals surface area contributed by atoms with Crippen molar-refractivity contribution in [3.8, 4) is 5.75 Å². The van der Waals surface area contributed by atoms with Crippen LogP contribution in [0.25, 0.3) is 0 Å². The minimum absolute atomic E-state index is 0.118. The second kappa shape index (κ2) is 8.01. The van der Waals surface area contributed by atoms with Crippen molar-refractivity contribution in [2.45, 2.75) is 11.8 Å². The van der Waals surface area contributed by atoms with Gasteiger partial charge in [0.1, 0.15) is 4.90 Å². The Balaban J connectivity index is 1.87. The first-order valence-corrected chi connectivity index (χ1v) is 10.3. The molecule has 6 heteroatoms. The second-order valence-electron chi connectivity index (χ2n) is 5.62. The van der Waals surface area contributed by atoms with E-state index >= 15 is 0 Å². The summed E-state index contributed by atoms with van der Waals surface area (Å²) in [5.41, 5.74) is 2.34. The van der Waals surface area contributed by atoms with E-state index in [0.29, 0.717) is 5.56 Å². The Hall–Kier alpha value is -2.19. The highest BCUT2D eigenvalue weighted by molar-refractivity contribution is 14.1. The molecule has 0 heterocycles. The molecule has 0 spiro atoms. The zero-order valence-corrected chi connectivity index (χ0v) is 16.9. The number of aliphatic imine (C=N–C) groups is 1. The topological polar surface area (TPSA) is 55.7 Å². The van der Waals surface area contributed by atoms with Crippen LogP contribution in [0.3, 0.4) is 0 Å². The van der Waals surface area contributed by atoms with Gasteiger partial charge in [0, 0.05) is 15.3 Å². The Bertz CT molecular complexity index is 1030. The van der Waals surface area contributed by atoms with Crippen molar-refractivity contribution in [3.05, 3.63) is 87.5 Å². The molecule has 0 N–H and O–H groups in total. The molecule has 0 saturated heterocycles. The van der Waals surface area contributed by atoms with Gasteiger partial charge in [0.2, 0.25) is 0 Å². The van der Waals surface area contributed by atoms with E-state index in [1.165, 1.54) is 12.1 Å². The van der Waals surface area contributed by atoms with Gasteiger partial charge < -0.3 is 4.18 Å². The summed E-state index contributed by atoms with van der Waals surface area (Å²) < 4.78 is 31.5. The van der Waals surface area contributed by atoms with E-state index in [1.54, 1.807) is 42.6 Å². The molecule has 0 saturated carbocycles. The van der Waals surface area contributed by atoms with Crippen molar-refractivity contribution in [3.63, 3.8) is 0 Å². The van der Waals surface area contributed by atoms with E-state index in [4.69, 9.17) is 4.18 Å². The van der Waals surface area contributed by atoms with Crippen LogP contribution in [0.1, 0.15) is 11.1 Å². The Labute approximate surface area is 166 Å². The average molecular weight is 477 g/mol. The van der Waals surface area contributed by atoms with E-state index in [9.17, 15) is 8.42 Å². The first-order chi connectivity index (χ1) is 12.4. The van der Waals surface area contributed by atoms with Crippen LogP contribution in [-0.2, 0) is 10.1 Å². The van der Waals surface area contributed by atoms with Gasteiger partial charge in [-0.3, -0.25) is 4.99 Å². The number of para-hydroxylation sites is 1. The third-order valence-corrected chi connectivity index (χ3v) is 5.58. The summed E-state index contributed by atoms with van der Waals surface area (Å²) in [6.07, 6.45) is 1.60. The van der Waals surface area contributed by atoms with Crippen LogP contribution in [-0.4, -0.2) is 14.6 Å². The SMILES string of the molecule is Cc1ccc(S(=O)(=O)Oc2ccccc2C=Nc2ccc(I)cc2)cc1. The highest BCUT2D eigenvalue weighted by Gasteiger charge is 2.17. The number of hydrogen-bond acceptors (Lipinski definition) is 4. The molecular weight excluding hydrogens is 461 g/mol. The van der Waals surface area contributed by atoms with Gasteiger partial charge >= 0.3 is 10.1 Å². The van der Waals surface area contributed by atoms with Gasteiger partial charge in [-0.05, 0) is 78.0 Å². The average Bonchev–Trinajstić information content (AvgIpc) is 2.62. The third-order valence-electron chi connectivity index (χ3n) is 3.61. The van der Waals surface area contributed by atoms with Gasteiger partial charge in [-0.15, -0.1) is 0 Å². The summed E-state index contributed by atoms with van der Waals surface area (Å²) in [4.78, 5) is 4.51. The lowest BCUT2D eigenvalue weighted by molar-refractivity contribution is 0.485. The van der Waals surface area contributed by atoms with E-state index in [0.717, 1.165) is 14.8 Å². The summed E-state index contributed by atoms with van der Waals surface area (Å²) >= 11 is 2.23. The van der Waals surface area contributed by atoms with Gasteiger partial charge in [-0.1, -0.05) is 29.8 Å². The van der Waals surface area contributed by atoms with Gasteiger partial charge in [-0.25, -0.2) is 0 Å². The van der Waals surface area contributed by atoms with E-state index in [2.05, 4.69) is 27.6 Å². The minimum Gasteiger partial charge on any atom is -0.378 e. The largest absolute Gasteiger partial charge is 0.378 e. The molecule has 0 fully saturated rings. The highest BCUT2D eigenvalue weighted by atomic mass is 127. The molecule has 132 valence electrons. The summed E-state index contributed by atoms with van der Waals surface area (Å²) in [5, 5.41) is 0. The standard InChI is InChI=1S/C20H16INO3S/c1-15-6-12-19(13-7-15)26(23,24)25-20-5-3-2-4-16(20)14-22-18-10-8-17(21)9-11-18/h2-14H,1H3. The van der Waals surface area contributed by atoms with Crippen LogP contribution in [0.2, 0.25) is 0 Å². The van der Waals surface area contributed by atoms with Crippen LogP contribution in [0.4, 0.5) is 5.69 Å². The van der Waals surface area contributed by atoms with Gasteiger partial charge in [0.15, 0.2) is 5.75 Å². The smallest absolute Gasteiger partial charge is 0.339 e. The van der Waals surface area contributed by atoms with Crippen molar-refractivity contribution < 1.29 is 12.6 Å². The van der Waals surface area contributed by atoms with Crippen LogP contribution in [0, 0.1) is 10.5 Å². The Kier molecular flexibility index (Phi) is 5.73. The molecule has 0 bridgehead atoms. The molecule has 4 nitrogen and oxygen atoms in total. The van der Waals surface area contributed by atoms with Crippen molar-refractivity contribution in [1.82, 2.24) is 0 Å². The number of nitrogens with zero attached hydrogens (tertiary/aromatic N) is 1. The van der Waals surface area contributed by atoms with Gasteiger partial charge in [0.25, 0.3) is 0 Å². The molecule has 3 aromatic rings. The second-order valence-corrected chi connectivity index (χ2v) is 8.41. The van der Waals surface area contributed by atoms with Crippen molar-refractivity contribution in [2.75, 3.05) is 0 Å². The summed E-state index contributed by atoms with van der Waals surface area (Å²) in [6.45, 7) is 1.90. The van der Waals surface area contributed by atoms with Gasteiger partial charge in [0.05, 0.1) is 5.69 Å². The highest BCUT2D eigenvalue weighted by Crippen LogP contribution is 2.23. The number of aryl methyl sites for hydroxylation is 1. The van der Waals surface area contributed by atoms with Gasteiger partial charge in [-0.2, -0.15) is 8.42 Å². The fourth-order valence-electron chi connectivity index (χ4n) is 2.21. The molecule has 0 atom stereocenters. The maximum absolute atomic E-state index is 12.5. The Morgan fingerprint density at radius 3 is 2.27 bits per heavy atom. The molecule has 3 rings (SSSR count). The fraction of sp³-hybridized carbons (Fsp3) is 0.0500. The lowest BCUT2D eigenvalue weighted by atomic mass is 10.2. The lowest BCUT2D eigenvalue weighted by Gasteiger charge is -2.09. The Morgan fingerprint density at radius 2 is 1.58 bits per heavy atom. The van der Waals surface area contributed by atoms with Crippen molar-refractivity contribution in [1.29, 1.82) is 0 Å². The number of benzene rings is 3. The third kappa shape index (κ3) is 4.70. The molecule has 0 aliphatic carbocycles. The van der Waals surface area contributed by atoms with Crippen LogP contribution >= 0.6 is 22.6 Å². The van der Waals surface area contributed by atoms with Crippen LogP contribution < -0.4 is 4.18 Å². The van der Waals surface area contributed by atoms with Crippen LogP contribution in [0.15, 0.2) is 82.7 Å². The molecule has 0 aromatic heterocycles. The van der Waals surface area contributed by atoms with Crippen LogP contribution in [0.5, 0.6) is 5.75 Å². The van der Waals surface area contributed by atoms with E-state index in [1.807, 2.05) is 31.2 Å². The predicted octanol–water partition coefficient (Wildman–Crippen LogP) is 5.12. The molecule has 26 heavy (non-hydrogen) atoms. The molecule has 0 aliphatic rings. The first kappa shape index (κ1) is 18.6. The normalized spacial score (nSPS) is 11.6. The monoisotopic (exact) mass is 477 g/mol. The number of rotatable bonds is 5. The maximum atomic E-state index is 12.5. The predicted molar refractivity (Wildman–Crippen MR) is 112 cm³/mol. The summed E-state index contributed by atoms with van der Waals surface area (Å²) in [7, 11) is -3.90. The number of halogens is 1. The summed E-state index contributed by atoms with van der Waals surface area (Å²) in [6, 6.07) is 21.1. The molecule has 0 amide bonds. The van der Waals surface area contributed by atoms with Crippen molar-refractivity contribution in [2.24, 2.45) is 4.99 Å². The number of hydrogen-bond donors (Lipinski definition) is 0. The summed E-state index contributed by atoms with van der Waals surface area (Å²) in [5.74, 6) is 0.238. The maximum Gasteiger partial charge on any atom is 0.339 e. The quantitative estimate of drug-likeness (QED) is 0.291. The fourth-order valence-corrected chi connectivity index (χ4v) is 3.52. The first-order valence-electron chi connectivity index (χ1n) is 7.84.